The van der Waals surface area contributed by atoms with Crippen molar-refractivity contribution in [3.05, 3.63) is 52.8 Å². The Balaban J connectivity index is 2.02. The fourth-order valence-electron chi connectivity index (χ4n) is 2.80. The third kappa shape index (κ3) is 3.73. The molecule has 0 amide bonds. The predicted molar refractivity (Wildman–Crippen MR) is 97.6 cm³/mol. The van der Waals surface area contributed by atoms with E-state index in [0.29, 0.717) is 0 Å². The van der Waals surface area contributed by atoms with E-state index in [1.807, 2.05) is 27.7 Å². The van der Waals surface area contributed by atoms with Gasteiger partial charge in [-0.15, -0.1) is 0 Å². The lowest BCUT2D eigenvalue weighted by Gasteiger charge is -2.32. The first-order valence-corrected chi connectivity index (χ1v) is 8.72. The van der Waals surface area contributed by atoms with E-state index in [9.17, 15) is 13.2 Å². The monoisotopic (exact) mass is 400 g/mol. The van der Waals surface area contributed by atoms with Crippen LogP contribution < -0.4 is 5.46 Å². The maximum atomic E-state index is 15.2. The molecule has 0 spiro atoms. The minimum absolute atomic E-state index is 0.0842. The summed E-state index contributed by atoms with van der Waals surface area (Å²) in [5, 5.41) is 0.232. The molecule has 0 aromatic heterocycles. The van der Waals surface area contributed by atoms with E-state index in [1.54, 1.807) is 0 Å². The standard InChI is InChI=1S/C19H18BClF4O2/c1-17(2)18(3,4)27-20(26-17)15-10-13(21)9-14(16(15)22)11-5-7-12(8-6-11)19(23,24)25/h5-10H,1-4H3. The van der Waals surface area contributed by atoms with Crippen LogP contribution >= 0.6 is 11.6 Å². The largest absolute Gasteiger partial charge is 0.497 e. The van der Waals surface area contributed by atoms with Gasteiger partial charge in [0.15, 0.2) is 0 Å². The van der Waals surface area contributed by atoms with Crippen molar-refractivity contribution in [2.24, 2.45) is 0 Å². The molecule has 0 radical (unpaired) electrons. The van der Waals surface area contributed by atoms with Gasteiger partial charge < -0.3 is 9.31 Å². The van der Waals surface area contributed by atoms with Crippen LogP contribution in [0.25, 0.3) is 11.1 Å². The van der Waals surface area contributed by atoms with E-state index in [0.717, 1.165) is 12.1 Å². The van der Waals surface area contributed by atoms with Gasteiger partial charge in [0.05, 0.1) is 16.8 Å². The second-order valence-corrected chi connectivity index (χ2v) is 7.96. The van der Waals surface area contributed by atoms with Gasteiger partial charge in [0.25, 0.3) is 0 Å². The molecule has 0 saturated carbocycles. The minimum Gasteiger partial charge on any atom is -0.399 e. The highest BCUT2D eigenvalue weighted by Gasteiger charge is 2.52. The Labute approximate surface area is 160 Å². The van der Waals surface area contributed by atoms with Gasteiger partial charge in [0.2, 0.25) is 0 Å². The van der Waals surface area contributed by atoms with Crippen LogP contribution in [-0.2, 0) is 15.5 Å². The topological polar surface area (TPSA) is 18.5 Å². The lowest BCUT2D eigenvalue weighted by atomic mass is 9.77. The van der Waals surface area contributed by atoms with Crippen LogP contribution in [0.2, 0.25) is 5.02 Å². The average Bonchev–Trinajstić information content (AvgIpc) is 2.76. The average molecular weight is 401 g/mol. The predicted octanol–water partition coefficient (Wildman–Crippen LogP) is 5.46. The van der Waals surface area contributed by atoms with Gasteiger partial charge in [-0.1, -0.05) is 23.7 Å². The zero-order valence-corrected chi connectivity index (χ0v) is 16.0. The first-order chi connectivity index (χ1) is 12.3. The van der Waals surface area contributed by atoms with E-state index in [1.165, 1.54) is 24.3 Å². The van der Waals surface area contributed by atoms with E-state index >= 15 is 4.39 Å². The second kappa shape index (κ2) is 6.50. The van der Waals surface area contributed by atoms with Crippen molar-refractivity contribution in [2.45, 2.75) is 45.1 Å². The quantitative estimate of drug-likeness (QED) is 0.492. The second-order valence-electron chi connectivity index (χ2n) is 7.52. The molecule has 0 atom stereocenters. The summed E-state index contributed by atoms with van der Waals surface area (Å²) in [5.41, 5.74) is -1.67. The number of hydrogen-bond acceptors (Lipinski definition) is 2. The number of benzene rings is 2. The molecule has 1 saturated heterocycles. The summed E-state index contributed by atoms with van der Waals surface area (Å²) in [7, 11) is -0.970. The molecule has 1 fully saturated rings. The van der Waals surface area contributed by atoms with Crippen LogP contribution in [0.4, 0.5) is 17.6 Å². The number of halogens is 5. The molecule has 27 heavy (non-hydrogen) atoms. The molecule has 0 N–H and O–H groups in total. The summed E-state index contributed by atoms with van der Waals surface area (Å²) in [6, 6.07) is 7.02. The molecule has 8 heteroatoms. The van der Waals surface area contributed by atoms with E-state index < -0.39 is 35.9 Å². The highest BCUT2D eigenvalue weighted by Crippen LogP contribution is 2.38. The minimum atomic E-state index is -4.46. The van der Waals surface area contributed by atoms with Gasteiger partial charge >= 0.3 is 13.3 Å². The highest BCUT2D eigenvalue weighted by molar-refractivity contribution is 6.62. The fourth-order valence-corrected chi connectivity index (χ4v) is 3.03. The van der Waals surface area contributed by atoms with Crippen LogP contribution in [0, 0.1) is 5.82 Å². The number of hydrogen-bond donors (Lipinski definition) is 0. The van der Waals surface area contributed by atoms with Crippen LogP contribution in [0.1, 0.15) is 33.3 Å². The van der Waals surface area contributed by atoms with Gasteiger partial charge in [-0.25, -0.2) is 4.39 Å². The molecule has 2 aromatic carbocycles. The summed E-state index contributed by atoms with van der Waals surface area (Å²) >= 11 is 6.14. The fraction of sp³-hybridized carbons (Fsp3) is 0.368. The molecule has 1 aliphatic heterocycles. The Morgan fingerprint density at radius 2 is 1.44 bits per heavy atom. The van der Waals surface area contributed by atoms with E-state index in [4.69, 9.17) is 20.9 Å². The third-order valence-electron chi connectivity index (χ3n) is 5.10. The van der Waals surface area contributed by atoms with Crippen molar-refractivity contribution >= 4 is 24.2 Å². The highest BCUT2D eigenvalue weighted by atomic mass is 35.5. The number of alkyl halides is 3. The molecule has 144 valence electrons. The van der Waals surface area contributed by atoms with Crippen LogP contribution in [0.15, 0.2) is 36.4 Å². The first-order valence-electron chi connectivity index (χ1n) is 8.34. The molecular formula is C19H18BClF4O2. The Morgan fingerprint density at radius 3 is 1.93 bits per heavy atom. The van der Waals surface area contributed by atoms with Crippen molar-refractivity contribution in [1.29, 1.82) is 0 Å². The van der Waals surface area contributed by atoms with E-state index in [2.05, 4.69) is 0 Å². The summed E-state index contributed by atoms with van der Waals surface area (Å²) in [6.45, 7) is 7.36. The van der Waals surface area contributed by atoms with Crippen molar-refractivity contribution in [3.8, 4) is 11.1 Å². The molecule has 0 bridgehead atoms. The van der Waals surface area contributed by atoms with E-state index in [-0.39, 0.29) is 21.6 Å². The summed E-state index contributed by atoms with van der Waals surface area (Å²) in [5.74, 6) is -0.641. The van der Waals surface area contributed by atoms with Crippen molar-refractivity contribution in [1.82, 2.24) is 0 Å². The van der Waals surface area contributed by atoms with Gasteiger partial charge in [0.1, 0.15) is 5.82 Å². The van der Waals surface area contributed by atoms with Gasteiger partial charge in [-0.2, -0.15) is 13.2 Å². The van der Waals surface area contributed by atoms with Crippen molar-refractivity contribution < 1.29 is 26.9 Å². The Kier molecular flexibility index (Phi) is 4.86. The number of rotatable bonds is 2. The van der Waals surface area contributed by atoms with Crippen LogP contribution in [-0.4, -0.2) is 18.3 Å². The maximum absolute atomic E-state index is 15.2. The van der Waals surface area contributed by atoms with Crippen molar-refractivity contribution in [3.63, 3.8) is 0 Å². The molecule has 1 heterocycles. The Bertz CT molecular complexity index is 847. The summed E-state index contributed by atoms with van der Waals surface area (Å²) in [4.78, 5) is 0. The normalized spacial score (nSPS) is 18.8. The van der Waals surface area contributed by atoms with Gasteiger partial charge in [-0.05, 0) is 57.5 Å². The molecule has 1 aliphatic rings. The smallest absolute Gasteiger partial charge is 0.399 e. The zero-order chi connectivity index (χ0) is 20.2. The Hall–Kier alpha value is -1.57. The third-order valence-corrected chi connectivity index (χ3v) is 5.31. The lowest BCUT2D eigenvalue weighted by Crippen LogP contribution is -2.41. The molecule has 2 nitrogen and oxygen atoms in total. The maximum Gasteiger partial charge on any atom is 0.497 e. The van der Waals surface area contributed by atoms with Crippen molar-refractivity contribution in [2.75, 3.05) is 0 Å². The molecule has 2 aromatic rings. The van der Waals surface area contributed by atoms with Gasteiger partial charge in [-0.3, -0.25) is 0 Å². The van der Waals surface area contributed by atoms with Crippen LogP contribution in [0.5, 0.6) is 0 Å². The Morgan fingerprint density at radius 1 is 0.926 bits per heavy atom. The molecular weight excluding hydrogens is 382 g/mol. The SMILES string of the molecule is CC1(C)OB(c2cc(Cl)cc(-c3ccc(C(F)(F)F)cc3)c2F)OC1(C)C. The van der Waals surface area contributed by atoms with Gasteiger partial charge in [0, 0.05) is 16.0 Å². The molecule has 3 rings (SSSR count). The lowest BCUT2D eigenvalue weighted by molar-refractivity contribution is -0.137. The zero-order valence-electron chi connectivity index (χ0n) is 15.2. The summed E-state index contributed by atoms with van der Waals surface area (Å²) < 4.78 is 65.2. The molecule has 0 unspecified atom stereocenters. The van der Waals surface area contributed by atoms with Crippen LogP contribution in [0.3, 0.4) is 0 Å². The molecule has 0 aliphatic carbocycles. The first kappa shape index (κ1) is 20.2. The summed E-state index contributed by atoms with van der Waals surface area (Å²) in [6.07, 6.45) is -4.46.